The second kappa shape index (κ2) is 19.0. The number of ether oxygens (including phenoxy) is 4. The van der Waals surface area contributed by atoms with Crippen molar-refractivity contribution in [3.8, 4) is 0 Å². The van der Waals surface area contributed by atoms with Crippen LogP contribution in [0.15, 0.2) is 122 Å². The van der Waals surface area contributed by atoms with Gasteiger partial charge in [-0.15, -0.1) is 0 Å². The van der Waals surface area contributed by atoms with Crippen molar-refractivity contribution in [3.05, 3.63) is 144 Å². The molecule has 0 bridgehead atoms. The van der Waals surface area contributed by atoms with Gasteiger partial charge in [0.25, 0.3) is 0 Å². The Labute approximate surface area is 363 Å². The lowest BCUT2D eigenvalue weighted by atomic mass is 9.92. The van der Waals surface area contributed by atoms with Crippen molar-refractivity contribution in [2.75, 3.05) is 13.2 Å². The molecule has 0 saturated carbocycles. The number of carbonyl (C=O) groups is 4. The molecule has 0 spiro atoms. The molecule has 322 valence electrons. The third-order valence-electron chi connectivity index (χ3n) is 12.3. The zero-order valence-electron chi connectivity index (χ0n) is 34.9. The van der Waals surface area contributed by atoms with Crippen molar-refractivity contribution in [2.45, 2.75) is 76.1 Å². The Kier molecular flexibility index (Phi) is 12.5. The maximum atomic E-state index is 13.8. The van der Waals surface area contributed by atoms with Crippen LogP contribution in [-0.4, -0.2) is 75.2 Å². The van der Waals surface area contributed by atoms with E-state index in [0.717, 1.165) is 65.9 Å². The van der Waals surface area contributed by atoms with Crippen LogP contribution in [-0.2, 0) is 63.8 Å². The molecular formula is C51H50N4O8. The number of para-hydroxylation sites is 4. The monoisotopic (exact) mass is 846 g/mol. The first-order chi connectivity index (χ1) is 30.9. The molecule has 1 fully saturated rings. The summed E-state index contributed by atoms with van der Waals surface area (Å²) < 4.78 is 24.6. The number of benzene rings is 4. The number of ketones is 1. The number of aromatic nitrogens is 4. The molecule has 4 N–H and O–H groups in total. The summed E-state index contributed by atoms with van der Waals surface area (Å²) in [5.74, 6) is -2.00. The zero-order valence-corrected chi connectivity index (χ0v) is 34.9. The van der Waals surface area contributed by atoms with Crippen molar-refractivity contribution in [1.29, 1.82) is 0 Å². The van der Waals surface area contributed by atoms with Gasteiger partial charge in [-0.05, 0) is 72.2 Å². The largest absolute Gasteiger partial charge is 0.462 e. The summed E-state index contributed by atoms with van der Waals surface area (Å²) in [7, 11) is 0. The minimum Gasteiger partial charge on any atom is -0.462 e. The Balaban J connectivity index is 0.916. The highest BCUT2D eigenvalue weighted by molar-refractivity contribution is 5.87. The minimum absolute atomic E-state index is 0.00893. The van der Waals surface area contributed by atoms with E-state index in [4.69, 9.17) is 18.9 Å². The molecule has 1 aliphatic heterocycles. The summed E-state index contributed by atoms with van der Waals surface area (Å²) in [4.78, 5) is 67.6. The van der Waals surface area contributed by atoms with Crippen LogP contribution in [0.25, 0.3) is 43.6 Å². The second-order valence-electron chi connectivity index (χ2n) is 16.4. The molecule has 4 atom stereocenters. The number of hydrogen-bond donors (Lipinski definition) is 4. The smallest absolute Gasteiger partial charge is 0.306 e. The summed E-state index contributed by atoms with van der Waals surface area (Å²) in [5.41, 5.74) is 7.90. The Morgan fingerprint density at radius 2 is 0.952 bits per heavy atom. The number of esters is 3. The van der Waals surface area contributed by atoms with E-state index >= 15 is 0 Å². The van der Waals surface area contributed by atoms with Gasteiger partial charge in [0.2, 0.25) is 0 Å². The van der Waals surface area contributed by atoms with Crippen molar-refractivity contribution in [3.63, 3.8) is 0 Å². The highest BCUT2D eigenvalue weighted by atomic mass is 16.6. The van der Waals surface area contributed by atoms with Crippen LogP contribution in [0.2, 0.25) is 0 Å². The fraction of sp³-hybridized carbons (Fsp3) is 0.294. The summed E-state index contributed by atoms with van der Waals surface area (Å²) in [6.45, 7) is -0.234. The minimum atomic E-state index is -1.12. The van der Waals surface area contributed by atoms with Gasteiger partial charge in [0.1, 0.15) is 24.6 Å². The summed E-state index contributed by atoms with van der Waals surface area (Å²) in [5, 5.41) is 4.14. The number of hydrogen-bond acceptors (Lipinski definition) is 8. The van der Waals surface area contributed by atoms with Gasteiger partial charge < -0.3 is 38.9 Å². The predicted molar refractivity (Wildman–Crippen MR) is 240 cm³/mol. The molecule has 4 aromatic carbocycles. The number of aromatic amines is 4. The van der Waals surface area contributed by atoms with E-state index < -0.39 is 42.1 Å². The predicted octanol–water partition coefficient (Wildman–Crippen LogP) is 8.78. The molecule has 0 aliphatic carbocycles. The SMILES string of the molecule is O=C(CCc1c[nH]c2ccccc12)C[C@H]1CO[C@H]([C@@H](COC(=O)CCc2c[nH]c3ccccc23)OC(=O)CCc2c[nH]c3ccccc23)[C@@H]1OC(=O)CCc1c[nH]c2ccccc12. The number of aryl methyl sites for hydroxylation is 4. The molecule has 0 radical (unpaired) electrons. The lowest BCUT2D eigenvalue weighted by Crippen LogP contribution is -2.45. The van der Waals surface area contributed by atoms with Crippen molar-refractivity contribution in [1.82, 2.24) is 19.9 Å². The number of Topliss-reactive ketones (excluding diaryl/α,β-unsaturated/α-hetero) is 1. The van der Waals surface area contributed by atoms with Crippen LogP contribution in [0.4, 0.5) is 0 Å². The number of carbonyl (C=O) groups excluding carboxylic acids is 4. The Morgan fingerprint density at radius 1 is 0.540 bits per heavy atom. The van der Waals surface area contributed by atoms with E-state index in [9.17, 15) is 19.2 Å². The molecule has 12 heteroatoms. The lowest BCUT2D eigenvalue weighted by Gasteiger charge is -2.29. The van der Waals surface area contributed by atoms with Crippen molar-refractivity contribution < 1.29 is 38.1 Å². The van der Waals surface area contributed by atoms with Gasteiger partial charge in [0, 0.05) is 106 Å². The standard InChI is InChI=1S/C51H50N4O8/c56-37(21-17-32-26-52-42-13-5-1-9-38(32)42)25-36-30-61-51(50(36)63-49(59)24-20-35-29-55-45-16-8-4-12-41(35)45)46(62-48(58)23-19-34-28-54-44-15-7-3-11-40(34)44)31-60-47(57)22-18-33-27-53-43-14-6-2-10-39(33)43/h1-16,26-29,36,46,50-55H,17-25,30-31H2/t36-,46+,50+,51+/m0/s1. The average Bonchev–Trinajstić information content (AvgIpc) is 4.16. The summed E-state index contributed by atoms with van der Waals surface area (Å²) >= 11 is 0. The Hall–Kier alpha value is -6.92. The van der Waals surface area contributed by atoms with Crippen LogP contribution < -0.4 is 0 Å². The quantitative estimate of drug-likeness (QED) is 0.0463. The first-order valence-corrected chi connectivity index (χ1v) is 21.7. The van der Waals surface area contributed by atoms with Gasteiger partial charge in [0.15, 0.2) is 6.10 Å². The van der Waals surface area contributed by atoms with E-state index in [0.29, 0.717) is 25.7 Å². The Morgan fingerprint density at radius 3 is 1.43 bits per heavy atom. The molecule has 4 aromatic heterocycles. The van der Waals surface area contributed by atoms with Crippen molar-refractivity contribution in [2.24, 2.45) is 5.92 Å². The van der Waals surface area contributed by atoms with Crippen LogP contribution in [0.3, 0.4) is 0 Å². The fourth-order valence-electron chi connectivity index (χ4n) is 8.96. The zero-order chi connectivity index (χ0) is 43.1. The van der Waals surface area contributed by atoms with Crippen LogP contribution in [0.5, 0.6) is 0 Å². The van der Waals surface area contributed by atoms with E-state index in [1.54, 1.807) is 0 Å². The van der Waals surface area contributed by atoms with Gasteiger partial charge in [-0.1, -0.05) is 72.8 Å². The number of rotatable bonds is 19. The molecule has 1 aliphatic rings. The Bertz CT molecular complexity index is 2880. The number of H-pyrrole nitrogens is 4. The molecule has 0 amide bonds. The average molecular weight is 847 g/mol. The lowest BCUT2D eigenvalue weighted by molar-refractivity contribution is -0.176. The normalized spacial score (nSPS) is 16.8. The van der Waals surface area contributed by atoms with Crippen LogP contribution in [0, 0.1) is 5.92 Å². The highest BCUT2D eigenvalue weighted by Crippen LogP contribution is 2.32. The van der Waals surface area contributed by atoms with Gasteiger partial charge in [-0.25, -0.2) is 0 Å². The second-order valence-corrected chi connectivity index (χ2v) is 16.4. The number of nitrogens with one attached hydrogen (secondary N) is 4. The van der Waals surface area contributed by atoms with Gasteiger partial charge in [0.05, 0.1) is 6.61 Å². The van der Waals surface area contributed by atoms with Gasteiger partial charge >= 0.3 is 17.9 Å². The van der Waals surface area contributed by atoms with Crippen molar-refractivity contribution >= 4 is 67.3 Å². The first kappa shape index (κ1) is 41.4. The van der Waals surface area contributed by atoms with E-state index in [1.165, 1.54) is 0 Å². The summed E-state index contributed by atoms with van der Waals surface area (Å²) in [6.07, 6.45) is 6.95. The van der Waals surface area contributed by atoms with E-state index in [1.807, 2.05) is 122 Å². The van der Waals surface area contributed by atoms with E-state index in [-0.39, 0.29) is 51.1 Å². The molecular weight excluding hydrogens is 797 g/mol. The maximum Gasteiger partial charge on any atom is 0.306 e. The fourth-order valence-corrected chi connectivity index (χ4v) is 8.96. The van der Waals surface area contributed by atoms with E-state index in [2.05, 4.69) is 19.9 Å². The molecule has 0 unspecified atom stereocenters. The summed E-state index contributed by atoms with van der Waals surface area (Å²) in [6, 6.07) is 31.6. The van der Waals surface area contributed by atoms with Gasteiger partial charge in [-0.2, -0.15) is 0 Å². The first-order valence-electron chi connectivity index (χ1n) is 21.7. The molecule has 12 nitrogen and oxygen atoms in total. The third kappa shape index (κ3) is 9.61. The van der Waals surface area contributed by atoms with Gasteiger partial charge in [-0.3, -0.25) is 19.2 Å². The molecule has 1 saturated heterocycles. The number of fused-ring (bicyclic) bond motifs is 4. The van der Waals surface area contributed by atoms with Crippen LogP contribution >= 0.6 is 0 Å². The highest BCUT2D eigenvalue weighted by Gasteiger charge is 2.47. The molecule has 9 rings (SSSR count). The topological polar surface area (TPSA) is 168 Å². The molecule has 8 aromatic rings. The molecule has 63 heavy (non-hydrogen) atoms. The third-order valence-corrected chi connectivity index (χ3v) is 12.3. The molecule has 5 heterocycles. The maximum absolute atomic E-state index is 13.8. The van der Waals surface area contributed by atoms with Crippen LogP contribution in [0.1, 0.15) is 54.4 Å².